The van der Waals surface area contributed by atoms with Gasteiger partial charge in [-0.05, 0) is 31.2 Å². The van der Waals surface area contributed by atoms with Gasteiger partial charge in [-0.15, -0.1) is 0 Å². The van der Waals surface area contributed by atoms with E-state index in [1.165, 1.54) is 25.1 Å². The Morgan fingerprint density at radius 3 is 2.57 bits per heavy atom. The van der Waals surface area contributed by atoms with Gasteiger partial charge in [-0.3, -0.25) is 0 Å². The molecule has 0 aliphatic carbocycles. The van der Waals surface area contributed by atoms with Crippen molar-refractivity contribution >= 4 is 23.3 Å². The fourth-order valence-corrected chi connectivity index (χ4v) is 1.84. The molecule has 0 saturated carbocycles. The molecule has 2 aromatic rings. The molecule has 3 nitrogen and oxygen atoms in total. The molecule has 0 unspecified atom stereocenters. The largest absolute Gasteiger partial charge is 0.457 e. The summed E-state index contributed by atoms with van der Waals surface area (Å²) in [5, 5.41) is 0.246. The number of benzene rings is 2. The number of esters is 1. The summed E-state index contributed by atoms with van der Waals surface area (Å²) in [5.74, 6) is -1.96. The molecule has 0 saturated heterocycles. The SMILES string of the molecule is Cc1c(N)cc(C(=O)OCc2ccc(Cl)cc2F)cc1F. The van der Waals surface area contributed by atoms with Crippen LogP contribution in [0.25, 0.3) is 0 Å². The molecule has 0 fully saturated rings. The topological polar surface area (TPSA) is 52.3 Å². The molecule has 2 rings (SSSR count). The molecule has 0 radical (unpaired) electrons. The average Bonchev–Trinajstić information content (AvgIpc) is 2.43. The van der Waals surface area contributed by atoms with Gasteiger partial charge in [0.2, 0.25) is 0 Å². The maximum absolute atomic E-state index is 13.5. The molecule has 0 amide bonds. The van der Waals surface area contributed by atoms with Crippen molar-refractivity contribution in [2.75, 3.05) is 5.73 Å². The summed E-state index contributed by atoms with van der Waals surface area (Å²) >= 11 is 5.62. The van der Waals surface area contributed by atoms with E-state index in [2.05, 4.69) is 0 Å². The third kappa shape index (κ3) is 3.49. The number of halogens is 3. The Morgan fingerprint density at radius 2 is 1.95 bits per heavy atom. The van der Waals surface area contributed by atoms with E-state index >= 15 is 0 Å². The summed E-state index contributed by atoms with van der Waals surface area (Å²) in [4.78, 5) is 11.8. The van der Waals surface area contributed by atoms with Gasteiger partial charge in [-0.2, -0.15) is 0 Å². The molecule has 0 bridgehead atoms. The Hall–Kier alpha value is -2.14. The average molecular weight is 312 g/mol. The van der Waals surface area contributed by atoms with Crippen LogP contribution in [0.4, 0.5) is 14.5 Å². The van der Waals surface area contributed by atoms with Crippen molar-refractivity contribution < 1.29 is 18.3 Å². The molecule has 0 aliphatic rings. The van der Waals surface area contributed by atoms with Crippen LogP contribution in [0.5, 0.6) is 0 Å². The highest BCUT2D eigenvalue weighted by atomic mass is 35.5. The molecule has 0 atom stereocenters. The van der Waals surface area contributed by atoms with Crippen molar-refractivity contribution in [3.63, 3.8) is 0 Å². The van der Waals surface area contributed by atoms with Crippen LogP contribution in [0.3, 0.4) is 0 Å². The zero-order valence-electron chi connectivity index (χ0n) is 11.1. The van der Waals surface area contributed by atoms with Crippen molar-refractivity contribution in [2.24, 2.45) is 0 Å². The van der Waals surface area contributed by atoms with Crippen LogP contribution >= 0.6 is 11.6 Å². The van der Waals surface area contributed by atoms with Gasteiger partial charge in [0.1, 0.15) is 18.2 Å². The number of rotatable bonds is 3. The lowest BCUT2D eigenvalue weighted by Crippen LogP contribution is -2.08. The van der Waals surface area contributed by atoms with Crippen LogP contribution in [-0.4, -0.2) is 5.97 Å². The van der Waals surface area contributed by atoms with E-state index in [4.69, 9.17) is 22.1 Å². The summed E-state index contributed by atoms with van der Waals surface area (Å²) in [6.07, 6.45) is 0. The zero-order chi connectivity index (χ0) is 15.6. The summed E-state index contributed by atoms with van der Waals surface area (Å²) < 4.78 is 32.0. The molecule has 0 aromatic heterocycles. The van der Waals surface area contributed by atoms with Gasteiger partial charge in [0.15, 0.2) is 0 Å². The highest BCUT2D eigenvalue weighted by Crippen LogP contribution is 2.19. The van der Waals surface area contributed by atoms with E-state index in [-0.39, 0.29) is 34.0 Å². The first-order chi connectivity index (χ1) is 9.88. The fourth-order valence-electron chi connectivity index (χ4n) is 1.68. The van der Waals surface area contributed by atoms with E-state index in [9.17, 15) is 13.6 Å². The predicted molar refractivity (Wildman–Crippen MR) is 76.1 cm³/mol. The zero-order valence-corrected chi connectivity index (χ0v) is 11.9. The first-order valence-corrected chi connectivity index (χ1v) is 6.43. The van der Waals surface area contributed by atoms with Crippen LogP contribution in [0.15, 0.2) is 30.3 Å². The monoisotopic (exact) mass is 311 g/mol. The quantitative estimate of drug-likeness (QED) is 0.691. The number of hydrogen-bond donors (Lipinski definition) is 1. The van der Waals surface area contributed by atoms with Gasteiger partial charge in [0, 0.05) is 21.8 Å². The van der Waals surface area contributed by atoms with Gasteiger partial charge < -0.3 is 10.5 Å². The van der Waals surface area contributed by atoms with Crippen molar-refractivity contribution in [1.29, 1.82) is 0 Å². The number of hydrogen-bond acceptors (Lipinski definition) is 3. The summed E-state index contributed by atoms with van der Waals surface area (Å²) in [7, 11) is 0. The van der Waals surface area contributed by atoms with Crippen LogP contribution in [0.1, 0.15) is 21.5 Å². The van der Waals surface area contributed by atoms with Crippen molar-refractivity contribution in [3.8, 4) is 0 Å². The molecule has 110 valence electrons. The lowest BCUT2D eigenvalue weighted by molar-refractivity contribution is 0.0468. The van der Waals surface area contributed by atoms with E-state index in [1.807, 2.05) is 0 Å². The third-order valence-corrected chi connectivity index (χ3v) is 3.23. The second-order valence-electron chi connectivity index (χ2n) is 4.48. The molecule has 6 heteroatoms. The minimum absolute atomic E-state index is 0.0232. The molecule has 21 heavy (non-hydrogen) atoms. The van der Waals surface area contributed by atoms with Crippen LogP contribution < -0.4 is 5.73 Å². The predicted octanol–water partition coefficient (Wildman–Crippen LogP) is 3.87. The van der Waals surface area contributed by atoms with Crippen molar-refractivity contribution in [1.82, 2.24) is 0 Å². The van der Waals surface area contributed by atoms with Crippen LogP contribution in [0.2, 0.25) is 5.02 Å². The van der Waals surface area contributed by atoms with Crippen LogP contribution in [0, 0.1) is 18.6 Å². The number of carbonyl (C=O) groups is 1. The van der Waals surface area contributed by atoms with Crippen molar-refractivity contribution in [2.45, 2.75) is 13.5 Å². The summed E-state index contributed by atoms with van der Waals surface area (Å²) in [5.41, 5.74) is 6.15. The standard InChI is InChI=1S/C15H12ClF2NO2/c1-8-12(17)4-10(5-14(8)19)15(20)21-7-9-2-3-11(16)6-13(9)18/h2-6H,7,19H2,1H3. The molecule has 0 aliphatic heterocycles. The smallest absolute Gasteiger partial charge is 0.338 e. The first kappa shape index (κ1) is 15.3. The Bertz CT molecular complexity index is 681. The normalized spacial score (nSPS) is 10.5. The minimum atomic E-state index is -0.782. The maximum Gasteiger partial charge on any atom is 0.338 e. The number of nitrogen functional groups attached to an aromatic ring is 1. The van der Waals surface area contributed by atoms with Gasteiger partial charge in [-0.1, -0.05) is 17.7 Å². The van der Waals surface area contributed by atoms with E-state index in [1.54, 1.807) is 0 Å². The molecule has 0 spiro atoms. The Morgan fingerprint density at radius 1 is 1.24 bits per heavy atom. The molecule has 2 aromatic carbocycles. The lowest BCUT2D eigenvalue weighted by atomic mass is 10.1. The number of anilines is 1. The third-order valence-electron chi connectivity index (χ3n) is 2.99. The Kier molecular flexibility index (Phi) is 4.43. The highest BCUT2D eigenvalue weighted by Gasteiger charge is 2.13. The highest BCUT2D eigenvalue weighted by molar-refractivity contribution is 6.30. The number of ether oxygens (including phenoxy) is 1. The van der Waals surface area contributed by atoms with Gasteiger partial charge in [0.05, 0.1) is 5.56 Å². The number of nitrogens with two attached hydrogens (primary N) is 1. The molecule has 0 heterocycles. The van der Waals surface area contributed by atoms with E-state index < -0.39 is 17.6 Å². The van der Waals surface area contributed by atoms with Gasteiger partial charge in [0.25, 0.3) is 0 Å². The maximum atomic E-state index is 13.5. The van der Waals surface area contributed by atoms with Crippen LogP contribution in [-0.2, 0) is 11.3 Å². The Balaban J connectivity index is 2.12. The second-order valence-corrected chi connectivity index (χ2v) is 4.92. The summed E-state index contributed by atoms with van der Waals surface area (Å²) in [6, 6.07) is 6.37. The van der Waals surface area contributed by atoms with E-state index in [0.29, 0.717) is 0 Å². The van der Waals surface area contributed by atoms with Gasteiger partial charge >= 0.3 is 5.97 Å². The second kappa shape index (κ2) is 6.10. The lowest BCUT2D eigenvalue weighted by Gasteiger charge is -2.08. The molecular weight excluding hydrogens is 300 g/mol. The fraction of sp³-hybridized carbons (Fsp3) is 0.133. The number of carbonyl (C=O) groups excluding carboxylic acids is 1. The van der Waals surface area contributed by atoms with E-state index in [0.717, 1.165) is 12.1 Å². The van der Waals surface area contributed by atoms with Gasteiger partial charge in [-0.25, -0.2) is 13.6 Å². The minimum Gasteiger partial charge on any atom is -0.457 e. The first-order valence-electron chi connectivity index (χ1n) is 6.05. The summed E-state index contributed by atoms with van der Waals surface area (Å²) in [6.45, 7) is 1.22. The van der Waals surface area contributed by atoms with Crippen molar-refractivity contribution in [3.05, 3.63) is 63.7 Å². The Labute approximate surface area is 125 Å². The molecular formula is C15H12ClF2NO2. The molecule has 2 N–H and O–H groups in total.